The van der Waals surface area contributed by atoms with Crippen LogP contribution in [0, 0.1) is 6.92 Å². The average Bonchev–Trinajstić information content (AvgIpc) is 2.43. The minimum atomic E-state index is -4.39. The van der Waals surface area contributed by atoms with Gasteiger partial charge in [0.15, 0.2) is 0 Å². The Labute approximate surface area is 125 Å². The van der Waals surface area contributed by atoms with Crippen molar-refractivity contribution in [3.63, 3.8) is 0 Å². The summed E-state index contributed by atoms with van der Waals surface area (Å²) >= 11 is 5.96. The lowest BCUT2D eigenvalue weighted by Crippen LogP contribution is -2.29. The second kappa shape index (κ2) is 6.05. The van der Waals surface area contributed by atoms with Crippen molar-refractivity contribution < 1.29 is 13.2 Å². The first-order valence-electron chi connectivity index (χ1n) is 6.22. The zero-order valence-electron chi connectivity index (χ0n) is 11.2. The van der Waals surface area contributed by atoms with Gasteiger partial charge in [-0.2, -0.15) is 13.2 Å². The predicted molar refractivity (Wildman–Crippen MR) is 76.8 cm³/mol. The molecule has 2 rings (SSSR count). The van der Waals surface area contributed by atoms with Crippen molar-refractivity contribution in [1.29, 1.82) is 0 Å². The Bertz CT molecular complexity index is 641. The summed E-state index contributed by atoms with van der Waals surface area (Å²) in [6.07, 6.45) is -4.39. The highest BCUT2D eigenvalue weighted by Crippen LogP contribution is 2.33. The van der Waals surface area contributed by atoms with E-state index >= 15 is 0 Å². The summed E-state index contributed by atoms with van der Waals surface area (Å²) in [5.74, 6) is 5.54. The molecule has 0 aliphatic rings. The number of alkyl halides is 3. The normalized spacial score (nSPS) is 13.2. The highest BCUT2D eigenvalue weighted by Gasteiger charge is 2.31. The Morgan fingerprint density at radius 1 is 1.14 bits per heavy atom. The quantitative estimate of drug-likeness (QED) is 0.657. The summed E-state index contributed by atoms with van der Waals surface area (Å²) in [5.41, 5.74) is 3.90. The molecule has 0 bridgehead atoms. The summed E-state index contributed by atoms with van der Waals surface area (Å²) in [7, 11) is 0. The number of hydrogen-bond acceptors (Lipinski definition) is 2. The van der Waals surface area contributed by atoms with Gasteiger partial charge in [-0.3, -0.25) is 5.84 Å². The van der Waals surface area contributed by atoms with Gasteiger partial charge in [0.2, 0.25) is 0 Å². The van der Waals surface area contributed by atoms with Crippen LogP contribution < -0.4 is 11.3 Å². The van der Waals surface area contributed by atoms with Crippen LogP contribution in [-0.2, 0) is 6.18 Å². The standard InChI is InChI=1S/C15H14ClF3N2/c1-9-5-6-12(16)8-13(9)14(21-20)10-3-2-4-11(7-10)15(17,18)19/h2-8,14,21H,20H2,1H3. The molecule has 0 aliphatic carbocycles. The number of hydrazine groups is 1. The lowest BCUT2D eigenvalue weighted by molar-refractivity contribution is -0.137. The monoisotopic (exact) mass is 314 g/mol. The van der Waals surface area contributed by atoms with Crippen molar-refractivity contribution in [2.75, 3.05) is 0 Å². The van der Waals surface area contributed by atoms with Crippen molar-refractivity contribution in [2.45, 2.75) is 19.1 Å². The maximum atomic E-state index is 12.8. The fraction of sp³-hybridized carbons (Fsp3) is 0.200. The number of aryl methyl sites for hydroxylation is 1. The van der Waals surface area contributed by atoms with Crippen LogP contribution >= 0.6 is 11.6 Å². The number of halogens is 4. The van der Waals surface area contributed by atoms with E-state index in [0.29, 0.717) is 10.6 Å². The highest BCUT2D eigenvalue weighted by molar-refractivity contribution is 6.30. The third kappa shape index (κ3) is 3.56. The van der Waals surface area contributed by atoms with Crippen LogP contribution in [-0.4, -0.2) is 0 Å². The molecule has 1 unspecified atom stereocenters. The van der Waals surface area contributed by atoms with E-state index in [4.69, 9.17) is 17.4 Å². The zero-order chi connectivity index (χ0) is 15.6. The largest absolute Gasteiger partial charge is 0.416 e. The topological polar surface area (TPSA) is 38.0 Å². The first-order valence-corrected chi connectivity index (χ1v) is 6.60. The van der Waals surface area contributed by atoms with Gasteiger partial charge in [0.25, 0.3) is 0 Å². The van der Waals surface area contributed by atoms with E-state index in [2.05, 4.69) is 5.43 Å². The van der Waals surface area contributed by atoms with Crippen molar-refractivity contribution >= 4 is 11.6 Å². The first-order chi connectivity index (χ1) is 9.82. The maximum absolute atomic E-state index is 12.8. The van der Waals surface area contributed by atoms with Crippen molar-refractivity contribution in [2.24, 2.45) is 5.84 Å². The number of rotatable bonds is 3. The van der Waals surface area contributed by atoms with E-state index in [1.807, 2.05) is 6.92 Å². The molecule has 0 aromatic heterocycles. The molecular formula is C15H14ClF3N2. The molecular weight excluding hydrogens is 301 g/mol. The van der Waals surface area contributed by atoms with Crippen LogP contribution in [0.5, 0.6) is 0 Å². The van der Waals surface area contributed by atoms with Crippen LogP contribution in [0.15, 0.2) is 42.5 Å². The van der Waals surface area contributed by atoms with Gasteiger partial charge in [-0.15, -0.1) is 0 Å². The minimum absolute atomic E-state index is 0.428. The molecule has 2 aromatic carbocycles. The van der Waals surface area contributed by atoms with E-state index in [0.717, 1.165) is 23.3 Å². The maximum Gasteiger partial charge on any atom is 0.416 e. The van der Waals surface area contributed by atoms with E-state index in [1.165, 1.54) is 6.07 Å². The van der Waals surface area contributed by atoms with Crippen molar-refractivity contribution in [3.05, 3.63) is 69.7 Å². The van der Waals surface area contributed by atoms with Crippen molar-refractivity contribution in [1.82, 2.24) is 5.43 Å². The molecule has 0 saturated carbocycles. The highest BCUT2D eigenvalue weighted by atomic mass is 35.5. The van der Waals surface area contributed by atoms with Gasteiger partial charge in [0.1, 0.15) is 0 Å². The van der Waals surface area contributed by atoms with Gasteiger partial charge in [-0.25, -0.2) is 5.43 Å². The summed E-state index contributed by atoms with van der Waals surface area (Å²) in [6, 6.07) is 9.73. The molecule has 0 saturated heterocycles. The Balaban J connectivity index is 2.49. The van der Waals surface area contributed by atoms with Gasteiger partial charge in [-0.1, -0.05) is 29.8 Å². The first kappa shape index (κ1) is 15.8. The van der Waals surface area contributed by atoms with Crippen LogP contribution in [0.3, 0.4) is 0 Å². The molecule has 2 nitrogen and oxygen atoms in total. The van der Waals surface area contributed by atoms with Gasteiger partial charge in [0, 0.05) is 5.02 Å². The van der Waals surface area contributed by atoms with E-state index in [9.17, 15) is 13.2 Å². The van der Waals surface area contributed by atoms with Gasteiger partial charge >= 0.3 is 6.18 Å². The molecule has 2 aromatic rings. The number of nitrogens with one attached hydrogen (secondary N) is 1. The summed E-state index contributed by atoms with van der Waals surface area (Å²) in [4.78, 5) is 0. The van der Waals surface area contributed by atoms with E-state index < -0.39 is 17.8 Å². The Hall–Kier alpha value is -1.56. The molecule has 1 atom stereocenters. The van der Waals surface area contributed by atoms with Crippen molar-refractivity contribution in [3.8, 4) is 0 Å². The SMILES string of the molecule is Cc1ccc(Cl)cc1C(NN)c1cccc(C(F)(F)F)c1. The second-order valence-electron chi connectivity index (χ2n) is 4.72. The third-order valence-corrected chi connectivity index (χ3v) is 3.50. The fourth-order valence-electron chi connectivity index (χ4n) is 2.18. The molecule has 0 heterocycles. The summed E-state index contributed by atoms with van der Waals surface area (Å²) < 4.78 is 38.4. The number of nitrogens with two attached hydrogens (primary N) is 1. The lowest BCUT2D eigenvalue weighted by Gasteiger charge is -2.20. The molecule has 21 heavy (non-hydrogen) atoms. The van der Waals surface area contributed by atoms with Crippen LogP contribution in [0.2, 0.25) is 5.02 Å². The Morgan fingerprint density at radius 2 is 1.86 bits per heavy atom. The minimum Gasteiger partial charge on any atom is -0.271 e. The lowest BCUT2D eigenvalue weighted by atomic mass is 9.94. The van der Waals surface area contributed by atoms with E-state index in [-0.39, 0.29) is 0 Å². The molecule has 0 spiro atoms. The van der Waals surface area contributed by atoms with Crippen LogP contribution in [0.25, 0.3) is 0 Å². The average molecular weight is 315 g/mol. The van der Waals surface area contributed by atoms with Gasteiger partial charge in [0.05, 0.1) is 11.6 Å². The summed E-state index contributed by atoms with van der Waals surface area (Å²) in [5, 5.41) is 0.503. The van der Waals surface area contributed by atoms with E-state index in [1.54, 1.807) is 24.3 Å². The third-order valence-electron chi connectivity index (χ3n) is 3.27. The molecule has 0 radical (unpaired) electrons. The number of hydrogen-bond donors (Lipinski definition) is 2. The van der Waals surface area contributed by atoms with Crippen LogP contribution in [0.1, 0.15) is 28.3 Å². The molecule has 0 fully saturated rings. The smallest absolute Gasteiger partial charge is 0.271 e. The van der Waals surface area contributed by atoms with Gasteiger partial charge < -0.3 is 0 Å². The Morgan fingerprint density at radius 3 is 2.48 bits per heavy atom. The molecule has 112 valence electrons. The summed E-state index contributed by atoms with van der Waals surface area (Å²) in [6.45, 7) is 1.85. The fourth-order valence-corrected chi connectivity index (χ4v) is 2.36. The van der Waals surface area contributed by atoms with Crippen LogP contribution in [0.4, 0.5) is 13.2 Å². The Kier molecular flexibility index (Phi) is 4.56. The zero-order valence-corrected chi connectivity index (χ0v) is 12.0. The number of benzene rings is 2. The molecule has 3 N–H and O–H groups in total. The molecule has 0 amide bonds. The molecule has 0 aliphatic heterocycles. The predicted octanol–water partition coefficient (Wildman–Crippen LogP) is 4.22. The second-order valence-corrected chi connectivity index (χ2v) is 5.16. The van der Waals surface area contributed by atoms with Gasteiger partial charge in [-0.05, 0) is 47.9 Å². The molecule has 6 heteroatoms.